The molecule has 1 unspecified atom stereocenters. The summed E-state index contributed by atoms with van der Waals surface area (Å²) in [6.07, 6.45) is 0. The molecule has 0 radical (unpaired) electrons. The van der Waals surface area contributed by atoms with Gasteiger partial charge in [-0.2, -0.15) is 0 Å². The highest BCUT2D eigenvalue weighted by Crippen LogP contribution is 2.33. The molecule has 0 N–H and O–H groups in total. The number of benzene rings is 3. The maximum atomic E-state index is 13.8. The van der Waals surface area contributed by atoms with Crippen LogP contribution in [0.15, 0.2) is 91.0 Å². The first-order valence-electron chi connectivity index (χ1n) is 9.34. The van der Waals surface area contributed by atoms with Gasteiger partial charge in [0.05, 0.1) is 0 Å². The number of carbonyl (C=O) groups is 1. The lowest BCUT2D eigenvalue weighted by Gasteiger charge is -2.34. The largest absolute Gasteiger partial charge is 0.392 e. The van der Waals surface area contributed by atoms with E-state index >= 15 is 0 Å². The standard InChI is InChI=1S/C25H24O2Si/c1-28(2,3)27-25(23-17-11-6-12-18-23,20-19-21-13-7-4-8-14-21)24(26)22-15-9-5-10-16-22/h4-18H,1-3H3. The molecular formula is C25H24O2Si. The highest BCUT2D eigenvalue weighted by Gasteiger charge is 2.43. The molecule has 3 aromatic carbocycles. The minimum absolute atomic E-state index is 0.134. The van der Waals surface area contributed by atoms with Crippen molar-refractivity contribution in [2.75, 3.05) is 0 Å². The lowest BCUT2D eigenvalue weighted by molar-refractivity contribution is 0.0615. The van der Waals surface area contributed by atoms with E-state index < -0.39 is 13.9 Å². The molecule has 0 saturated carbocycles. The Hall–Kier alpha value is -2.93. The summed E-state index contributed by atoms with van der Waals surface area (Å²) in [5.41, 5.74) is 0.854. The van der Waals surface area contributed by atoms with Crippen LogP contribution in [0.3, 0.4) is 0 Å². The molecule has 28 heavy (non-hydrogen) atoms. The maximum absolute atomic E-state index is 13.8. The average molecular weight is 385 g/mol. The van der Waals surface area contributed by atoms with Crippen LogP contribution in [0.4, 0.5) is 0 Å². The molecule has 3 rings (SSSR count). The Labute approximate surface area is 168 Å². The third-order valence-electron chi connectivity index (χ3n) is 4.15. The van der Waals surface area contributed by atoms with Gasteiger partial charge in [-0.25, -0.2) is 0 Å². The van der Waals surface area contributed by atoms with Crippen LogP contribution in [-0.4, -0.2) is 14.1 Å². The molecule has 0 amide bonds. The van der Waals surface area contributed by atoms with Crippen molar-refractivity contribution in [1.29, 1.82) is 0 Å². The molecular weight excluding hydrogens is 360 g/mol. The second-order valence-corrected chi connectivity index (χ2v) is 12.0. The van der Waals surface area contributed by atoms with Gasteiger partial charge < -0.3 is 4.43 Å². The minimum atomic E-state index is -2.13. The number of hydrogen-bond donors (Lipinski definition) is 0. The molecule has 0 fully saturated rings. The van der Waals surface area contributed by atoms with Crippen LogP contribution in [0.1, 0.15) is 21.5 Å². The minimum Gasteiger partial charge on any atom is -0.392 e. The number of hydrogen-bond acceptors (Lipinski definition) is 2. The lowest BCUT2D eigenvalue weighted by atomic mass is 9.86. The molecule has 2 nitrogen and oxygen atoms in total. The Kier molecular flexibility index (Phi) is 5.94. The van der Waals surface area contributed by atoms with Crippen molar-refractivity contribution >= 4 is 14.1 Å². The molecule has 0 aliphatic carbocycles. The Morgan fingerprint density at radius 3 is 1.82 bits per heavy atom. The van der Waals surface area contributed by atoms with Crippen LogP contribution < -0.4 is 0 Å². The van der Waals surface area contributed by atoms with Gasteiger partial charge in [0.2, 0.25) is 11.4 Å². The lowest BCUT2D eigenvalue weighted by Crippen LogP contribution is -2.45. The Bertz CT molecular complexity index is 981. The Morgan fingerprint density at radius 2 is 1.29 bits per heavy atom. The third kappa shape index (κ3) is 4.67. The summed E-state index contributed by atoms with van der Waals surface area (Å²) in [5.74, 6) is 6.28. The number of carbonyl (C=O) groups excluding carboxylic acids is 1. The van der Waals surface area contributed by atoms with Gasteiger partial charge in [-0.05, 0) is 31.8 Å². The van der Waals surface area contributed by atoms with Crippen LogP contribution in [0.2, 0.25) is 19.6 Å². The van der Waals surface area contributed by atoms with E-state index in [1.807, 2.05) is 91.0 Å². The SMILES string of the molecule is C[Si](C)(C)OC(C#Cc1ccccc1)(C(=O)c1ccccc1)c1ccccc1. The highest BCUT2D eigenvalue weighted by atomic mass is 28.4. The number of rotatable bonds is 5. The van der Waals surface area contributed by atoms with E-state index in [0.717, 1.165) is 11.1 Å². The molecule has 0 spiro atoms. The number of Topliss-reactive ketones (excluding diaryl/α,β-unsaturated/α-hetero) is 1. The van der Waals surface area contributed by atoms with Crippen LogP contribution in [0.25, 0.3) is 0 Å². The fourth-order valence-electron chi connectivity index (χ4n) is 3.00. The zero-order chi connectivity index (χ0) is 20.0. The van der Waals surface area contributed by atoms with Gasteiger partial charge in [-0.3, -0.25) is 4.79 Å². The second-order valence-electron chi connectivity index (χ2n) is 7.57. The van der Waals surface area contributed by atoms with E-state index in [1.165, 1.54) is 0 Å². The first-order chi connectivity index (χ1) is 13.4. The predicted octanol–water partition coefficient (Wildman–Crippen LogP) is 5.67. The summed E-state index contributed by atoms with van der Waals surface area (Å²) in [7, 11) is -2.13. The van der Waals surface area contributed by atoms with Crippen molar-refractivity contribution in [3.05, 3.63) is 108 Å². The molecule has 0 aromatic heterocycles. The van der Waals surface area contributed by atoms with Gasteiger partial charge >= 0.3 is 0 Å². The quantitative estimate of drug-likeness (QED) is 0.322. The van der Waals surface area contributed by atoms with E-state index in [0.29, 0.717) is 5.56 Å². The van der Waals surface area contributed by atoms with Crippen molar-refractivity contribution in [2.24, 2.45) is 0 Å². The maximum Gasteiger partial charge on any atom is 0.210 e. The smallest absolute Gasteiger partial charge is 0.210 e. The summed E-state index contributed by atoms with van der Waals surface area (Å²) in [5, 5.41) is 0. The van der Waals surface area contributed by atoms with Crippen LogP contribution in [0.5, 0.6) is 0 Å². The first kappa shape index (κ1) is 19.8. The van der Waals surface area contributed by atoms with Gasteiger partial charge in [-0.15, -0.1) is 0 Å². The van der Waals surface area contributed by atoms with Crippen LogP contribution >= 0.6 is 0 Å². The number of ketones is 1. The van der Waals surface area contributed by atoms with Gasteiger partial charge in [0.15, 0.2) is 8.32 Å². The summed E-state index contributed by atoms with van der Waals surface area (Å²) in [4.78, 5) is 13.8. The third-order valence-corrected chi connectivity index (χ3v) is 5.07. The summed E-state index contributed by atoms with van der Waals surface area (Å²) in [6, 6.07) is 28.6. The fourth-order valence-corrected chi connectivity index (χ4v) is 4.18. The summed E-state index contributed by atoms with van der Waals surface area (Å²) >= 11 is 0. The zero-order valence-corrected chi connectivity index (χ0v) is 17.5. The van der Waals surface area contributed by atoms with Crippen LogP contribution in [0, 0.1) is 11.8 Å². The van der Waals surface area contributed by atoms with Crippen molar-refractivity contribution in [2.45, 2.75) is 25.2 Å². The van der Waals surface area contributed by atoms with Crippen molar-refractivity contribution < 1.29 is 9.22 Å². The first-order valence-corrected chi connectivity index (χ1v) is 12.8. The van der Waals surface area contributed by atoms with Crippen LogP contribution in [-0.2, 0) is 10.0 Å². The molecule has 3 heteroatoms. The average Bonchev–Trinajstić information content (AvgIpc) is 2.72. The normalized spacial score (nSPS) is 13.1. The van der Waals surface area contributed by atoms with Gasteiger partial charge in [0.1, 0.15) is 0 Å². The molecule has 0 bridgehead atoms. The topological polar surface area (TPSA) is 26.3 Å². The Morgan fingerprint density at radius 1 is 0.786 bits per heavy atom. The van der Waals surface area contributed by atoms with E-state index in [-0.39, 0.29) is 5.78 Å². The van der Waals surface area contributed by atoms with Crippen molar-refractivity contribution in [3.8, 4) is 11.8 Å². The second kappa shape index (κ2) is 8.39. The molecule has 140 valence electrons. The van der Waals surface area contributed by atoms with Gasteiger partial charge in [0.25, 0.3) is 0 Å². The van der Waals surface area contributed by atoms with E-state index in [2.05, 4.69) is 31.5 Å². The molecule has 0 heterocycles. The molecule has 1 atom stereocenters. The monoisotopic (exact) mass is 384 g/mol. The fraction of sp³-hybridized carbons (Fsp3) is 0.160. The van der Waals surface area contributed by atoms with Gasteiger partial charge in [-0.1, -0.05) is 90.7 Å². The summed E-state index contributed by atoms with van der Waals surface area (Å²) < 4.78 is 6.57. The molecule has 0 saturated heterocycles. The van der Waals surface area contributed by atoms with Crippen molar-refractivity contribution in [3.63, 3.8) is 0 Å². The predicted molar refractivity (Wildman–Crippen MR) is 117 cm³/mol. The Balaban J connectivity index is 2.23. The van der Waals surface area contributed by atoms with Crippen molar-refractivity contribution in [1.82, 2.24) is 0 Å². The van der Waals surface area contributed by atoms with E-state index in [1.54, 1.807) is 0 Å². The molecule has 0 aliphatic rings. The summed E-state index contributed by atoms with van der Waals surface area (Å²) in [6.45, 7) is 6.23. The molecule has 3 aromatic rings. The van der Waals surface area contributed by atoms with E-state index in [4.69, 9.17) is 4.43 Å². The zero-order valence-electron chi connectivity index (χ0n) is 16.5. The molecule has 0 aliphatic heterocycles. The van der Waals surface area contributed by atoms with E-state index in [9.17, 15) is 4.79 Å². The highest BCUT2D eigenvalue weighted by molar-refractivity contribution is 6.70. The van der Waals surface area contributed by atoms with Gasteiger partial charge in [0, 0.05) is 16.7 Å².